The molecule has 3 aromatic heterocycles. The van der Waals surface area contributed by atoms with Crippen molar-refractivity contribution in [2.24, 2.45) is 5.41 Å². The van der Waals surface area contributed by atoms with E-state index >= 15 is 0 Å². The zero-order valence-corrected chi connectivity index (χ0v) is 25.6. The van der Waals surface area contributed by atoms with Gasteiger partial charge in [0.2, 0.25) is 5.88 Å². The largest absolute Gasteiger partial charge is 0.481 e. The highest BCUT2D eigenvalue weighted by Crippen LogP contribution is 2.43. The smallest absolute Gasteiger partial charge is 0.395 e. The lowest BCUT2D eigenvalue weighted by atomic mass is 9.92. The maximum atomic E-state index is 13.7. The maximum Gasteiger partial charge on any atom is 0.395 e. The fourth-order valence-corrected chi connectivity index (χ4v) is 5.34. The summed E-state index contributed by atoms with van der Waals surface area (Å²) < 4.78 is 48.5. The Hall–Kier alpha value is -5.43. The van der Waals surface area contributed by atoms with Crippen molar-refractivity contribution in [3.63, 3.8) is 0 Å². The van der Waals surface area contributed by atoms with Gasteiger partial charge in [-0.05, 0) is 68.8 Å². The predicted molar refractivity (Wildman–Crippen MR) is 166 cm³/mol. The van der Waals surface area contributed by atoms with E-state index in [4.69, 9.17) is 4.74 Å². The number of nitrogens with zero attached hydrogens (tertiary/aromatic N) is 7. The maximum absolute atomic E-state index is 13.7. The molecular weight excluding hydrogens is 595 g/mol. The number of fused-ring (bicyclic) bond motifs is 2. The zero-order valence-electron chi connectivity index (χ0n) is 25.6. The number of alkyl halides is 3. The number of pyridine rings is 2. The molecule has 46 heavy (non-hydrogen) atoms. The van der Waals surface area contributed by atoms with Gasteiger partial charge in [-0.3, -0.25) is 4.98 Å². The fraction of sp³-hybridized carbons (Fsp3) is 0.333. The number of hydrogen-bond donors (Lipinski definition) is 2. The summed E-state index contributed by atoms with van der Waals surface area (Å²) in [6.07, 6.45) is 2.29. The number of ether oxygens (including phenoxy) is 1. The second kappa shape index (κ2) is 11.2. The minimum absolute atomic E-state index is 0.0531. The highest BCUT2D eigenvalue weighted by Gasteiger charge is 2.47. The quantitative estimate of drug-likeness (QED) is 0.180. The van der Waals surface area contributed by atoms with Crippen LogP contribution in [0.25, 0.3) is 21.7 Å². The highest BCUT2D eigenvalue weighted by atomic mass is 19.4. The molecule has 5 aromatic rings. The molecule has 0 saturated heterocycles. The average Bonchev–Trinajstić information content (AvgIpc) is 3.59. The van der Waals surface area contributed by atoms with Crippen LogP contribution >= 0.6 is 0 Å². The Morgan fingerprint density at radius 3 is 2.48 bits per heavy atom. The second-order valence-corrected chi connectivity index (χ2v) is 12.4. The third-order valence-electron chi connectivity index (χ3n) is 8.64. The summed E-state index contributed by atoms with van der Waals surface area (Å²) in [4.78, 5) is 8.67. The van der Waals surface area contributed by atoms with Gasteiger partial charge in [-0.15, -0.1) is 5.10 Å². The Labute approximate surface area is 262 Å². The molecule has 0 spiro atoms. The van der Waals surface area contributed by atoms with Crippen LogP contribution in [-0.4, -0.2) is 44.8 Å². The summed E-state index contributed by atoms with van der Waals surface area (Å²) >= 11 is 0. The lowest BCUT2D eigenvalue weighted by Crippen LogP contribution is -2.38. The Kier molecular flexibility index (Phi) is 7.43. The van der Waals surface area contributed by atoms with E-state index in [0.717, 1.165) is 43.0 Å². The molecule has 3 heterocycles. The first-order valence-corrected chi connectivity index (χ1v) is 14.6. The van der Waals surface area contributed by atoms with Crippen LogP contribution in [0.3, 0.4) is 0 Å². The molecule has 10 nitrogen and oxygen atoms in total. The molecule has 0 amide bonds. The topological polar surface area (TPSA) is 137 Å². The number of nitriles is 2. The monoisotopic (exact) mass is 625 g/mol. The summed E-state index contributed by atoms with van der Waals surface area (Å²) in [5, 5.41) is 37.3. The summed E-state index contributed by atoms with van der Waals surface area (Å²) in [6, 6.07) is 14.5. The van der Waals surface area contributed by atoms with Gasteiger partial charge in [-0.1, -0.05) is 17.3 Å². The number of halogens is 3. The van der Waals surface area contributed by atoms with E-state index < -0.39 is 24.2 Å². The van der Waals surface area contributed by atoms with Crippen LogP contribution in [0.2, 0.25) is 0 Å². The van der Waals surface area contributed by atoms with Crippen LogP contribution in [0.5, 0.6) is 5.88 Å². The number of rotatable bonds is 9. The van der Waals surface area contributed by atoms with E-state index in [1.165, 1.54) is 6.20 Å². The van der Waals surface area contributed by atoms with Crippen LogP contribution in [0.1, 0.15) is 62.0 Å². The van der Waals surface area contributed by atoms with Crippen molar-refractivity contribution in [1.82, 2.24) is 25.0 Å². The Bertz CT molecular complexity index is 2050. The minimum Gasteiger partial charge on any atom is -0.481 e. The van der Waals surface area contributed by atoms with E-state index in [-0.39, 0.29) is 27.9 Å². The first-order valence-electron chi connectivity index (χ1n) is 14.6. The van der Waals surface area contributed by atoms with Crippen LogP contribution in [0.15, 0.2) is 55.0 Å². The number of aromatic nitrogens is 5. The lowest BCUT2D eigenvalue weighted by Gasteiger charge is -2.28. The van der Waals surface area contributed by atoms with Gasteiger partial charge >= 0.3 is 6.18 Å². The third-order valence-corrected chi connectivity index (χ3v) is 8.64. The van der Waals surface area contributed by atoms with Crippen LogP contribution in [0.4, 0.5) is 24.5 Å². The highest BCUT2D eigenvalue weighted by molar-refractivity contribution is 5.99. The number of methoxy groups -OCH3 is 1. The van der Waals surface area contributed by atoms with Gasteiger partial charge in [0.1, 0.15) is 17.8 Å². The molecule has 0 radical (unpaired) electrons. The molecule has 0 bridgehead atoms. The molecule has 0 unspecified atom stereocenters. The molecule has 2 N–H and O–H groups in total. The molecule has 1 aliphatic rings. The lowest BCUT2D eigenvalue weighted by molar-refractivity contribution is -0.206. The fourth-order valence-electron chi connectivity index (χ4n) is 5.34. The van der Waals surface area contributed by atoms with Gasteiger partial charge in [0, 0.05) is 35.4 Å². The van der Waals surface area contributed by atoms with Crippen LogP contribution in [0, 0.1) is 28.1 Å². The van der Waals surface area contributed by atoms with Gasteiger partial charge in [0.15, 0.2) is 0 Å². The average molecular weight is 626 g/mol. The molecule has 1 atom stereocenters. The molecule has 0 aliphatic heterocycles. The molecule has 13 heteroatoms. The van der Waals surface area contributed by atoms with Gasteiger partial charge < -0.3 is 15.4 Å². The van der Waals surface area contributed by atoms with Crippen molar-refractivity contribution in [3.8, 4) is 18.0 Å². The first kappa shape index (κ1) is 30.6. The number of benzene rings is 2. The normalized spacial score (nSPS) is 14.8. The molecular formula is C33H30F3N9O. The molecule has 234 valence electrons. The minimum atomic E-state index is -4.49. The van der Waals surface area contributed by atoms with E-state index in [1.807, 2.05) is 41.2 Å². The first-order chi connectivity index (χ1) is 21.9. The van der Waals surface area contributed by atoms with E-state index in [9.17, 15) is 23.7 Å². The van der Waals surface area contributed by atoms with Crippen molar-refractivity contribution in [2.45, 2.75) is 51.4 Å². The van der Waals surface area contributed by atoms with Crippen LogP contribution < -0.4 is 15.4 Å². The predicted octanol–water partition coefficient (Wildman–Crippen LogP) is 6.84. The summed E-state index contributed by atoms with van der Waals surface area (Å²) in [5.74, 6) is 0.456. The van der Waals surface area contributed by atoms with E-state index in [1.54, 1.807) is 25.4 Å². The zero-order chi connectivity index (χ0) is 32.9. The summed E-state index contributed by atoms with van der Waals surface area (Å²) in [6.45, 7) is 3.77. The van der Waals surface area contributed by atoms with Gasteiger partial charge in [-0.2, -0.15) is 23.7 Å². The summed E-state index contributed by atoms with van der Waals surface area (Å²) in [7, 11) is 1.55. The van der Waals surface area contributed by atoms with Gasteiger partial charge in [-0.25, -0.2) is 9.67 Å². The van der Waals surface area contributed by atoms with Crippen LogP contribution in [-0.2, 0) is 5.54 Å². The van der Waals surface area contributed by atoms with E-state index in [0.29, 0.717) is 22.6 Å². The summed E-state index contributed by atoms with van der Waals surface area (Å²) in [5.41, 5.74) is 0.361. The molecule has 1 fully saturated rings. The SMILES string of the molecule is COc1nccc2c([C@H](Nc3cc(C#N)c4ncc(C#N)c(NCC(C)(C)C(F)(F)F)c4c3)c3cn(C4(C)CC4)nn3)cccc12. The van der Waals surface area contributed by atoms with E-state index in [2.05, 4.69) is 43.9 Å². The van der Waals surface area contributed by atoms with Crippen molar-refractivity contribution < 1.29 is 17.9 Å². The number of hydrogen-bond acceptors (Lipinski definition) is 9. The van der Waals surface area contributed by atoms with Crippen molar-refractivity contribution in [3.05, 3.63) is 77.4 Å². The molecule has 1 aliphatic carbocycles. The van der Waals surface area contributed by atoms with Crippen molar-refractivity contribution >= 4 is 33.1 Å². The van der Waals surface area contributed by atoms with Gasteiger partial charge in [0.05, 0.1) is 52.6 Å². The Morgan fingerprint density at radius 2 is 1.80 bits per heavy atom. The Balaban J connectivity index is 1.50. The van der Waals surface area contributed by atoms with Crippen molar-refractivity contribution in [2.75, 3.05) is 24.3 Å². The van der Waals surface area contributed by atoms with Gasteiger partial charge in [0.25, 0.3) is 0 Å². The third kappa shape index (κ3) is 5.38. The second-order valence-electron chi connectivity index (χ2n) is 12.4. The standard InChI is InChI=1S/C33H30F3N9O/c1-31(2,33(34,35)36)18-41-28-20(15-38)16-40-27-19(14-37)12-21(13-25(27)28)42-29(26-17-45(44-43-26)32(3)9-10-32)23-6-5-7-24-22(23)8-11-39-30(24)46-4/h5-8,11-13,16-17,29,42H,9-10,18H2,1-4H3,(H,40,41)/t29-/m0/s1. The molecule has 6 rings (SSSR count). The molecule has 1 saturated carbocycles. The number of nitrogens with one attached hydrogen (secondary N) is 2. The van der Waals surface area contributed by atoms with Crippen molar-refractivity contribution in [1.29, 1.82) is 10.5 Å². The molecule has 2 aromatic carbocycles. The number of anilines is 2. The Morgan fingerprint density at radius 1 is 1.04 bits per heavy atom.